The van der Waals surface area contributed by atoms with Gasteiger partial charge in [0.25, 0.3) is 0 Å². The fourth-order valence-corrected chi connectivity index (χ4v) is 9.14. The zero-order chi connectivity index (χ0) is 36.0. The van der Waals surface area contributed by atoms with Crippen molar-refractivity contribution in [2.75, 3.05) is 4.90 Å². The normalized spacial score (nSPS) is 13.5. The highest BCUT2D eigenvalue weighted by molar-refractivity contribution is 6.28. The summed E-state index contributed by atoms with van der Waals surface area (Å²) in [5.74, 6) is 1.79. The number of nitrogens with zero attached hydrogens (tertiary/aromatic N) is 3. The average Bonchev–Trinajstić information content (AvgIpc) is 3.23. The second kappa shape index (κ2) is 11.6. The largest absolute Gasteiger partial charge is 0.278 e. The van der Waals surface area contributed by atoms with Gasteiger partial charge in [-0.25, -0.2) is 9.97 Å². The monoisotopic (exact) mass is 689 g/mol. The topological polar surface area (TPSA) is 29.0 Å². The molecule has 3 heteroatoms. The molecule has 0 saturated heterocycles. The maximum Gasteiger partial charge on any atom is 0.142 e. The lowest BCUT2D eigenvalue weighted by Gasteiger charge is -2.40. The zero-order valence-electron chi connectivity index (χ0n) is 30.1. The molecule has 3 heterocycles. The van der Waals surface area contributed by atoms with Crippen LogP contribution in [-0.2, 0) is 5.41 Å². The van der Waals surface area contributed by atoms with Gasteiger partial charge in [0.1, 0.15) is 11.6 Å². The molecule has 254 valence electrons. The van der Waals surface area contributed by atoms with Crippen molar-refractivity contribution in [1.29, 1.82) is 0 Å². The summed E-state index contributed by atoms with van der Waals surface area (Å²) < 4.78 is 0. The molecule has 1 aliphatic rings. The first kappa shape index (κ1) is 30.8. The molecule has 0 saturated carbocycles. The molecule has 1 aliphatic heterocycles. The van der Waals surface area contributed by atoms with E-state index in [0.717, 1.165) is 17.3 Å². The Hall–Kier alpha value is -6.84. The lowest BCUT2D eigenvalue weighted by atomic mass is 9.74. The third kappa shape index (κ3) is 4.42. The van der Waals surface area contributed by atoms with Crippen LogP contribution in [0.5, 0.6) is 0 Å². The Labute approximate surface area is 314 Å². The standard InChI is InChI=1S/C51H35N3/c1-51(2)44-17-10-30-53-50(44)54(47-18-6-7-29-52-47)46-28-23-35(31-45(46)51)36-13-8-15-39-38(36)14-9-16-40(39)41-25-20-34-21-26-42-37(32-11-4-3-5-12-32)24-19-33-22-27-43(41)49(34)48(33)42/h3-31H,1-2H3. The molecule has 10 aromatic rings. The Kier molecular flexibility index (Phi) is 6.60. The molecule has 0 amide bonds. The first-order chi connectivity index (χ1) is 26.6. The number of rotatable bonds is 4. The third-order valence-corrected chi connectivity index (χ3v) is 11.7. The van der Waals surface area contributed by atoms with Gasteiger partial charge >= 0.3 is 0 Å². The summed E-state index contributed by atoms with van der Waals surface area (Å²) in [7, 11) is 0. The molecule has 0 N–H and O–H groups in total. The Balaban J connectivity index is 1.09. The average molecular weight is 690 g/mol. The number of hydrogen-bond donors (Lipinski definition) is 0. The van der Waals surface area contributed by atoms with E-state index < -0.39 is 0 Å². The summed E-state index contributed by atoms with van der Waals surface area (Å²) >= 11 is 0. The van der Waals surface area contributed by atoms with Crippen molar-refractivity contribution >= 4 is 60.4 Å². The Morgan fingerprint density at radius 1 is 0.426 bits per heavy atom. The minimum atomic E-state index is -0.266. The molecule has 0 unspecified atom stereocenters. The van der Waals surface area contributed by atoms with Crippen LogP contribution in [0.4, 0.5) is 17.3 Å². The van der Waals surface area contributed by atoms with Crippen LogP contribution in [0.1, 0.15) is 25.0 Å². The summed E-state index contributed by atoms with van der Waals surface area (Å²) in [5.41, 5.74) is 10.7. The maximum atomic E-state index is 4.88. The molecule has 0 aliphatic carbocycles. The molecule has 54 heavy (non-hydrogen) atoms. The van der Waals surface area contributed by atoms with Crippen molar-refractivity contribution in [3.8, 4) is 33.4 Å². The third-order valence-electron chi connectivity index (χ3n) is 11.7. The first-order valence-corrected chi connectivity index (χ1v) is 18.7. The molecule has 2 aromatic heterocycles. The number of hydrogen-bond acceptors (Lipinski definition) is 3. The van der Waals surface area contributed by atoms with Gasteiger partial charge in [0, 0.05) is 23.4 Å². The van der Waals surface area contributed by atoms with Crippen LogP contribution >= 0.6 is 0 Å². The van der Waals surface area contributed by atoms with Gasteiger partial charge in [0.15, 0.2) is 0 Å². The molecule has 0 spiro atoms. The van der Waals surface area contributed by atoms with Crippen LogP contribution in [0.2, 0.25) is 0 Å². The second-order valence-electron chi connectivity index (χ2n) is 15.0. The molecule has 11 rings (SSSR count). The van der Waals surface area contributed by atoms with Crippen molar-refractivity contribution in [3.05, 3.63) is 187 Å². The fraction of sp³-hybridized carbons (Fsp3) is 0.0588. The van der Waals surface area contributed by atoms with Crippen LogP contribution in [0.3, 0.4) is 0 Å². The van der Waals surface area contributed by atoms with E-state index in [1.165, 1.54) is 87.6 Å². The van der Waals surface area contributed by atoms with Crippen LogP contribution in [0, 0.1) is 0 Å². The van der Waals surface area contributed by atoms with Gasteiger partial charge in [-0.2, -0.15) is 0 Å². The number of pyridine rings is 2. The smallest absolute Gasteiger partial charge is 0.142 e. The quantitative estimate of drug-likeness (QED) is 0.172. The molecular weight excluding hydrogens is 655 g/mol. The van der Waals surface area contributed by atoms with E-state index in [1.807, 2.05) is 30.6 Å². The summed E-state index contributed by atoms with van der Waals surface area (Å²) in [6.45, 7) is 4.62. The van der Waals surface area contributed by atoms with Gasteiger partial charge in [0.05, 0.1) is 5.69 Å². The van der Waals surface area contributed by atoms with E-state index in [2.05, 4.69) is 164 Å². The van der Waals surface area contributed by atoms with Crippen molar-refractivity contribution in [2.24, 2.45) is 0 Å². The molecule has 0 bridgehead atoms. The molecule has 0 radical (unpaired) electrons. The lowest BCUT2D eigenvalue weighted by Crippen LogP contribution is -2.31. The highest BCUT2D eigenvalue weighted by atomic mass is 15.2. The summed E-state index contributed by atoms with van der Waals surface area (Å²) in [5, 5.41) is 10.3. The first-order valence-electron chi connectivity index (χ1n) is 18.7. The van der Waals surface area contributed by atoms with Crippen LogP contribution < -0.4 is 4.90 Å². The molecule has 8 aromatic carbocycles. The van der Waals surface area contributed by atoms with Crippen LogP contribution in [-0.4, -0.2) is 9.97 Å². The summed E-state index contributed by atoms with van der Waals surface area (Å²) in [6, 6.07) is 59.9. The highest BCUT2D eigenvalue weighted by Gasteiger charge is 2.38. The van der Waals surface area contributed by atoms with Gasteiger partial charge in [-0.3, -0.25) is 4.90 Å². The van der Waals surface area contributed by atoms with Gasteiger partial charge in [0.2, 0.25) is 0 Å². The fourth-order valence-electron chi connectivity index (χ4n) is 9.14. The zero-order valence-corrected chi connectivity index (χ0v) is 30.1. The predicted octanol–water partition coefficient (Wildman–Crippen LogP) is 13.6. The van der Waals surface area contributed by atoms with Crippen molar-refractivity contribution in [3.63, 3.8) is 0 Å². The van der Waals surface area contributed by atoms with Crippen molar-refractivity contribution < 1.29 is 0 Å². The Morgan fingerprint density at radius 3 is 1.81 bits per heavy atom. The minimum absolute atomic E-state index is 0.266. The number of anilines is 3. The minimum Gasteiger partial charge on any atom is -0.278 e. The van der Waals surface area contributed by atoms with Crippen LogP contribution in [0.25, 0.3) is 76.5 Å². The van der Waals surface area contributed by atoms with E-state index in [9.17, 15) is 0 Å². The van der Waals surface area contributed by atoms with E-state index >= 15 is 0 Å². The van der Waals surface area contributed by atoms with Gasteiger partial charge in [-0.05, 0) is 112 Å². The van der Waals surface area contributed by atoms with Crippen molar-refractivity contribution in [2.45, 2.75) is 19.3 Å². The molecule has 0 fully saturated rings. The summed E-state index contributed by atoms with van der Waals surface area (Å²) in [4.78, 5) is 11.9. The lowest BCUT2D eigenvalue weighted by molar-refractivity contribution is 0.627. The highest BCUT2D eigenvalue weighted by Crippen LogP contribution is 2.52. The maximum absolute atomic E-state index is 4.88. The number of fused-ring (bicyclic) bond motifs is 3. The van der Waals surface area contributed by atoms with E-state index in [0.29, 0.717) is 0 Å². The Morgan fingerprint density at radius 2 is 1.06 bits per heavy atom. The Bertz CT molecular complexity index is 3070. The predicted molar refractivity (Wildman–Crippen MR) is 226 cm³/mol. The van der Waals surface area contributed by atoms with E-state index in [1.54, 1.807) is 0 Å². The van der Waals surface area contributed by atoms with Gasteiger partial charge in [-0.15, -0.1) is 0 Å². The SMILES string of the molecule is CC1(C)c2cc(-c3cccc4c(-c5ccc6ccc7c(-c8ccccc8)ccc8ccc5c6c87)cccc34)ccc2N(c2ccccn2)c2ncccc21. The van der Waals surface area contributed by atoms with Crippen LogP contribution in [0.15, 0.2) is 176 Å². The molecular formula is C51H35N3. The summed E-state index contributed by atoms with van der Waals surface area (Å²) in [6.07, 6.45) is 3.73. The van der Waals surface area contributed by atoms with Gasteiger partial charge in [-0.1, -0.05) is 147 Å². The number of aromatic nitrogens is 2. The molecule has 0 atom stereocenters. The molecule has 3 nitrogen and oxygen atoms in total. The van der Waals surface area contributed by atoms with E-state index in [-0.39, 0.29) is 5.41 Å². The van der Waals surface area contributed by atoms with Crippen molar-refractivity contribution in [1.82, 2.24) is 9.97 Å². The van der Waals surface area contributed by atoms with E-state index in [4.69, 9.17) is 9.97 Å². The number of benzene rings is 8. The van der Waals surface area contributed by atoms with Gasteiger partial charge < -0.3 is 0 Å². The second-order valence-corrected chi connectivity index (χ2v) is 15.0.